The number of nitrogens with one attached hydrogen (secondary N) is 1. The summed E-state index contributed by atoms with van der Waals surface area (Å²) in [7, 11) is 0. The van der Waals surface area contributed by atoms with Crippen LogP contribution in [0.2, 0.25) is 0 Å². The average Bonchev–Trinajstić information content (AvgIpc) is 3.14. The number of rotatable bonds is 6. The molecule has 4 heteroatoms. The topological polar surface area (TPSA) is 45.2 Å². The summed E-state index contributed by atoms with van der Waals surface area (Å²) in [4.78, 5) is 19.1. The molecule has 0 radical (unpaired) electrons. The summed E-state index contributed by atoms with van der Waals surface area (Å²) in [5.74, 6) is 0.970. The molecule has 1 unspecified atom stereocenters. The molecule has 1 N–H and O–H groups in total. The number of carbonyl (C=O) groups is 1. The van der Waals surface area contributed by atoms with E-state index in [-0.39, 0.29) is 5.91 Å². The van der Waals surface area contributed by atoms with Gasteiger partial charge in [0.25, 0.3) is 0 Å². The van der Waals surface area contributed by atoms with Gasteiger partial charge in [-0.3, -0.25) is 9.78 Å². The Hall–Kier alpha value is -1.42. The summed E-state index contributed by atoms with van der Waals surface area (Å²) in [5.41, 5.74) is 2.03. The molecule has 3 rings (SSSR count). The molecule has 1 amide bonds. The van der Waals surface area contributed by atoms with E-state index in [0.29, 0.717) is 12.5 Å². The molecule has 2 aliphatic rings. The Morgan fingerprint density at radius 1 is 1.38 bits per heavy atom. The number of aryl methyl sites for hydroxylation is 1. The molecule has 1 aliphatic heterocycles. The van der Waals surface area contributed by atoms with Crippen LogP contribution in [0.15, 0.2) is 18.3 Å². The summed E-state index contributed by atoms with van der Waals surface area (Å²) >= 11 is 0. The minimum Gasteiger partial charge on any atom is -0.341 e. The van der Waals surface area contributed by atoms with Gasteiger partial charge in [-0.05, 0) is 56.7 Å². The smallest absolute Gasteiger partial charge is 0.228 e. The van der Waals surface area contributed by atoms with Gasteiger partial charge in [0.1, 0.15) is 0 Å². The van der Waals surface area contributed by atoms with E-state index in [1.54, 1.807) is 6.20 Å². The normalized spacial score (nSPS) is 21.5. The first kappa shape index (κ1) is 14.5. The summed E-state index contributed by atoms with van der Waals surface area (Å²) in [6, 6.07) is 4.44. The van der Waals surface area contributed by atoms with Crippen molar-refractivity contribution >= 4 is 5.91 Å². The van der Waals surface area contributed by atoms with Crippen molar-refractivity contribution in [1.29, 1.82) is 0 Å². The zero-order valence-electron chi connectivity index (χ0n) is 12.8. The van der Waals surface area contributed by atoms with E-state index in [4.69, 9.17) is 0 Å². The molecule has 0 spiro atoms. The largest absolute Gasteiger partial charge is 0.341 e. The van der Waals surface area contributed by atoms with E-state index in [9.17, 15) is 4.79 Å². The standard InChI is InChI=1S/C17H25N3O/c1-13-4-2-9-19-16(13)10-17(21)20(11-14-6-7-14)12-15-5-3-8-18-15/h2,4,9,14-15,18H,3,5-8,10-12H2,1H3. The fraction of sp³-hybridized carbons (Fsp3) is 0.647. The first-order valence-corrected chi connectivity index (χ1v) is 8.14. The molecule has 1 atom stereocenters. The van der Waals surface area contributed by atoms with Gasteiger partial charge in [-0.15, -0.1) is 0 Å². The van der Waals surface area contributed by atoms with Crippen LogP contribution in [0.3, 0.4) is 0 Å². The van der Waals surface area contributed by atoms with Crippen LogP contribution in [0.25, 0.3) is 0 Å². The highest BCUT2D eigenvalue weighted by molar-refractivity contribution is 5.78. The van der Waals surface area contributed by atoms with Crippen molar-refractivity contribution in [3.63, 3.8) is 0 Å². The lowest BCUT2D eigenvalue weighted by Crippen LogP contribution is -2.43. The number of pyridine rings is 1. The minimum atomic E-state index is 0.234. The third-order valence-corrected chi connectivity index (χ3v) is 4.57. The SMILES string of the molecule is Cc1cccnc1CC(=O)N(CC1CC1)CC1CCCN1. The molecule has 1 aliphatic carbocycles. The lowest BCUT2D eigenvalue weighted by Gasteiger charge is -2.26. The Morgan fingerprint density at radius 2 is 2.24 bits per heavy atom. The number of hydrogen-bond acceptors (Lipinski definition) is 3. The predicted octanol–water partition coefficient (Wildman–Crippen LogP) is 1.92. The summed E-state index contributed by atoms with van der Waals surface area (Å²) in [6.07, 6.45) is 7.20. The van der Waals surface area contributed by atoms with Crippen molar-refractivity contribution in [2.45, 2.75) is 45.1 Å². The maximum absolute atomic E-state index is 12.7. The van der Waals surface area contributed by atoms with Crippen LogP contribution in [-0.2, 0) is 11.2 Å². The first-order chi connectivity index (χ1) is 10.2. The quantitative estimate of drug-likeness (QED) is 0.869. The zero-order chi connectivity index (χ0) is 14.7. The molecule has 1 saturated carbocycles. The third-order valence-electron chi connectivity index (χ3n) is 4.57. The van der Waals surface area contributed by atoms with Gasteiger partial charge >= 0.3 is 0 Å². The van der Waals surface area contributed by atoms with Crippen molar-refractivity contribution in [3.05, 3.63) is 29.6 Å². The second kappa shape index (κ2) is 6.56. The van der Waals surface area contributed by atoms with Crippen LogP contribution in [0.5, 0.6) is 0 Å². The Kier molecular flexibility index (Phi) is 4.54. The molecule has 1 aromatic heterocycles. The number of amides is 1. The molecule has 21 heavy (non-hydrogen) atoms. The summed E-state index contributed by atoms with van der Waals surface area (Å²) in [5, 5.41) is 3.50. The Bertz CT molecular complexity index is 493. The number of carbonyl (C=O) groups excluding carboxylic acids is 1. The molecule has 114 valence electrons. The van der Waals surface area contributed by atoms with Gasteiger partial charge in [0.15, 0.2) is 0 Å². The van der Waals surface area contributed by atoms with Gasteiger partial charge in [-0.2, -0.15) is 0 Å². The number of nitrogens with zero attached hydrogens (tertiary/aromatic N) is 2. The van der Waals surface area contributed by atoms with Crippen molar-refractivity contribution in [1.82, 2.24) is 15.2 Å². The molecule has 2 heterocycles. The number of aromatic nitrogens is 1. The van der Waals surface area contributed by atoms with Gasteiger partial charge in [-0.25, -0.2) is 0 Å². The second-order valence-corrected chi connectivity index (χ2v) is 6.48. The lowest BCUT2D eigenvalue weighted by atomic mass is 10.1. The van der Waals surface area contributed by atoms with E-state index in [1.807, 2.05) is 19.1 Å². The monoisotopic (exact) mass is 287 g/mol. The van der Waals surface area contributed by atoms with E-state index < -0.39 is 0 Å². The average molecular weight is 287 g/mol. The lowest BCUT2D eigenvalue weighted by molar-refractivity contribution is -0.131. The summed E-state index contributed by atoms with van der Waals surface area (Å²) < 4.78 is 0. The molecule has 4 nitrogen and oxygen atoms in total. The molecular weight excluding hydrogens is 262 g/mol. The van der Waals surface area contributed by atoms with Crippen molar-refractivity contribution < 1.29 is 4.79 Å². The van der Waals surface area contributed by atoms with Crippen LogP contribution in [0, 0.1) is 12.8 Å². The fourth-order valence-electron chi connectivity index (χ4n) is 3.03. The van der Waals surface area contributed by atoms with Crippen molar-refractivity contribution in [2.75, 3.05) is 19.6 Å². The molecular formula is C17H25N3O. The molecule has 1 aromatic rings. The third kappa shape index (κ3) is 4.03. The zero-order valence-corrected chi connectivity index (χ0v) is 12.8. The highest BCUT2D eigenvalue weighted by Gasteiger charge is 2.29. The fourth-order valence-corrected chi connectivity index (χ4v) is 3.03. The van der Waals surface area contributed by atoms with Crippen LogP contribution in [-0.4, -0.2) is 41.5 Å². The van der Waals surface area contributed by atoms with Gasteiger partial charge in [0, 0.05) is 25.3 Å². The van der Waals surface area contributed by atoms with Crippen molar-refractivity contribution in [3.8, 4) is 0 Å². The van der Waals surface area contributed by atoms with Crippen LogP contribution in [0.1, 0.15) is 36.9 Å². The number of hydrogen-bond donors (Lipinski definition) is 1. The second-order valence-electron chi connectivity index (χ2n) is 6.48. The highest BCUT2D eigenvalue weighted by atomic mass is 16.2. The Labute approximate surface area is 126 Å². The van der Waals surface area contributed by atoms with E-state index in [0.717, 1.165) is 36.8 Å². The van der Waals surface area contributed by atoms with Gasteiger partial charge in [0.05, 0.1) is 12.1 Å². The van der Waals surface area contributed by atoms with Crippen LogP contribution in [0.4, 0.5) is 0 Å². The Morgan fingerprint density at radius 3 is 2.90 bits per heavy atom. The Balaban J connectivity index is 1.63. The predicted molar refractivity (Wildman–Crippen MR) is 83.0 cm³/mol. The first-order valence-electron chi connectivity index (χ1n) is 8.14. The molecule has 1 saturated heterocycles. The van der Waals surface area contributed by atoms with E-state index in [2.05, 4.69) is 15.2 Å². The van der Waals surface area contributed by atoms with Gasteiger partial charge in [-0.1, -0.05) is 6.07 Å². The van der Waals surface area contributed by atoms with E-state index in [1.165, 1.54) is 25.7 Å². The van der Waals surface area contributed by atoms with Gasteiger partial charge < -0.3 is 10.2 Å². The minimum absolute atomic E-state index is 0.234. The van der Waals surface area contributed by atoms with Crippen molar-refractivity contribution in [2.24, 2.45) is 5.92 Å². The molecule has 0 bridgehead atoms. The maximum Gasteiger partial charge on any atom is 0.228 e. The molecule has 2 fully saturated rings. The van der Waals surface area contributed by atoms with Crippen LogP contribution < -0.4 is 5.32 Å². The van der Waals surface area contributed by atoms with Gasteiger partial charge in [0.2, 0.25) is 5.91 Å². The summed E-state index contributed by atoms with van der Waals surface area (Å²) in [6.45, 7) is 4.92. The van der Waals surface area contributed by atoms with Crippen LogP contribution >= 0.6 is 0 Å². The highest BCUT2D eigenvalue weighted by Crippen LogP contribution is 2.30. The van der Waals surface area contributed by atoms with E-state index >= 15 is 0 Å². The molecule has 0 aromatic carbocycles. The maximum atomic E-state index is 12.7.